The van der Waals surface area contributed by atoms with Crippen LogP contribution in [0.25, 0.3) is 0 Å². The lowest BCUT2D eigenvalue weighted by Gasteiger charge is -2.43. The van der Waals surface area contributed by atoms with Gasteiger partial charge in [0.15, 0.2) is 0 Å². The third kappa shape index (κ3) is 4.69. The lowest BCUT2D eigenvalue weighted by molar-refractivity contribution is -0.0303. The summed E-state index contributed by atoms with van der Waals surface area (Å²) in [7, 11) is 1.45. The summed E-state index contributed by atoms with van der Waals surface area (Å²) in [4.78, 5) is 14.4. The SMILES string of the molecule is COC(=O)N1C[C@@H](C)CC(c2ccn[nH]2)[C@@H]1CO[C@H]1CC[C@@H](c2ccccc2)CC1. The molecule has 3 atom stereocenters. The molecule has 1 unspecified atom stereocenters. The molecular weight excluding hydrogens is 378 g/mol. The Hall–Kier alpha value is -2.34. The van der Waals surface area contributed by atoms with E-state index in [1.54, 1.807) is 6.20 Å². The number of benzene rings is 1. The number of nitrogens with one attached hydrogen (secondary N) is 1. The standard InChI is InChI=1S/C24H33N3O3/c1-17-14-21(22-12-13-25-26-22)23(27(15-17)24(28)29-2)16-30-20-10-8-19(9-11-20)18-6-4-3-5-7-18/h3-7,12-13,17,19-21,23H,8-11,14-16H2,1-2H3,(H,25,26)/t17-,19-,20+,21?,23-/m0/s1. The lowest BCUT2D eigenvalue weighted by atomic mass is 9.81. The second-order valence-corrected chi connectivity index (χ2v) is 8.87. The summed E-state index contributed by atoms with van der Waals surface area (Å²) in [6.07, 6.45) is 7.20. The maximum atomic E-state index is 12.5. The van der Waals surface area contributed by atoms with Crippen molar-refractivity contribution in [3.8, 4) is 0 Å². The number of carbonyl (C=O) groups is 1. The molecule has 1 N–H and O–H groups in total. The van der Waals surface area contributed by atoms with Crippen LogP contribution in [-0.2, 0) is 9.47 Å². The van der Waals surface area contributed by atoms with Gasteiger partial charge < -0.3 is 14.4 Å². The van der Waals surface area contributed by atoms with Crippen LogP contribution in [0.2, 0.25) is 0 Å². The smallest absolute Gasteiger partial charge is 0.409 e. The number of ether oxygens (including phenoxy) is 2. The van der Waals surface area contributed by atoms with Gasteiger partial charge in [0.25, 0.3) is 0 Å². The number of amides is 1. The molecule has 6 nitrogen and oxygen atoms in total. The minimum absolute atomic E-state index is 0.0408. The molecular formula is C24H33N3O3. The fraction of sp³-hybridized carbons (Fsp3) is 0.583. The van der Waals surface area contributed by atoms with Crippen LogP contribution in [0.3, 0.4) is 0 Å². The zero-order valence-corrected chi connectivity index (χ0v) is 18.0. The molecule has 1 aromatic carbocycles. The number of likely N-dealkylation sites (tertiary alicyclic amines) is 1. The zero-order chi connectivity index (χ0) is 20.9. The van der Waals surface area contributed by atoms with Crippen LogP contribution in [0.15, 0.2) is 42.6 Å². The number of nitrogens with zero attached hydrogens (tertiary/aromatic N) is 2. The molecule has 30 heavy (non-hydrogen) atoms. The molecule has 0 spiro atoms. The number of hydrogen-bond donors (Lipinski definition) is 1. The van der Waals surface area contributed by atoms with Gasteiger partial charge in [-0.15, -0.1) is 0 Å². The van der Waals surface area contributed by atoms with Crippen molar-refractivity contribution in [2.24, 2.45) is 5.92 Å². The Morgan fingerprint density at radius 3 is 2.60 bits per heavy atom. The highest BCUT2D eigenvalue weighted by Crippen LogP contribution is 2.37. The second-order valence-electron chi connectivity index (χ2n) is 8.87. The molecule has 0 bridgehead atoms. The molecule has 1 amide bonds. The first-order chi connectivity index (χ1) is 14.7. The quantitative estimate of drug-likeness (QED) is 0.773. The van der Waals surface area contributed by atoms with Crippen LogP contribution in [0, 0.1) is 5.92 Å². The van der Waals surface area contributed by atoms with E-state index in [0.29, 0.717) is 25.0 Å². The van der Waals surface area contributed by atoms with Crippen molar-refractivity contribution in [3.05, 3.63) is 53.9 Å². The molecule has 1 aromatic heterocycles. The topological polar surface area (TPSA) is 67.5 Å². The Morgan fingerprint density at radius 2 is 1.93 bits per heavy atom. The van der Waals surface area contributed by atoms with Crippen molar-refractivity contribution in [1.29, 1.82) is 0 Å². The van der Waals surface area contributed by atoms with E-state index in [1.165, 1.54) is 12.7 Å². The highest BCUT2D eigenvalue weighted by molar-refractivity contribution is 5.68. The van der Waals surface area contributed by atoms with E-state index in [9.17, 15) is 4.79 Å². The summed E-state index contributed by atoms with van der Waals surface area (Å²) in [6.45, 7) is 3.42. The van der Waals surface area contributed by atoms with Gasteiger partial charge in [-0.2, -0.15) is 5.10 Å². The van der Waals surface area contributed by atoms with Crippen molar-refractivity contribution in [2.75, 3.05) is 20.3 Å². The van der Waals surface area contributed by atoms with Crippen LogP contribution in [0.4, 0.5) is 4.79 Å². The van der Waals surface area contributed by atoms with Gasteiger partial charge >= 0.3 is 6.09 Å². The molecule has 162 valence electrons. The first-order valence-corrected chi connectivity index (χ1v) is 11.2. The zero-order valence-electron chi connectivity index (χ0n) is 18.0. The number of H-pyrrole nitrogens is 1. The summed E-state index contributed by atoms with van der Waals surface area (Å²) in [5.41, 5.74) is 2.50. The molecule has 4 rings (SSSR count). The number of piperidine rings is 1. The summed E-state index contributed by atoms with van der Waals surface area (Å²) in [5.74, 6) is 1.21. The van der Waals surface area contributed by atoms with Crippen molar-refractivity contribution in [3.63, 3.8) is 0 Å². The van der Waals surface area contributed by atoms with Gasteiger partial charge in [0.2, 0.25) is 0 Å². The van der Waals surface area contributed by atoms with Crippen molar-refractivity contribution >= 4 is 6.09 Å². The summed E-state index contributed by atoms with van der Waals surface area (Å²) in [6, 6.07) is 12.8. The highest BCUT2D eigenvalue weighted by Gasteiger charge is 2.40. The van der Waals surface area contributed by atoms with Gasteiger partial charge in [0.1, 0.15) is 0 Å². The third-order valence-electron chi connectivity index (χ3n) is 6.81. The van der Waals surface area contributed by atoms with Crippen LogP contribution >= 0.6 is 0 Å². The maximum Gasteiger partial charge on any atom is 0.409 e. The third-order valence-corrected chi connectivity index (χ3v) is 6.81. The van der Waals surface area contributed by atoms with Crippen molar-refractivity contribution < 1.29 is 14.3 Å². The fourth-order valence-corrected chi connectivity index (χ4v) is 5.22. The number of aromatic nitrogens is 2. The fourth-order valence-electron chi connectivity index (χ4n) is 5.22. The van der Waals surface area contributed by atoms with Crippen molar-refractivity contribution in [2.45, 2.75) is 63.0 Å². The summed E-state index contributed by atoms with van der Waals surface area (Å²) < 4.78 is 11.5. The summed E-state index contributed by atoms with van der Waals surface area (Å²) in [5, 5.41) is 7.25. The minimum Gasteiger partial charge on any atom is -0.453 e. The van der Waals surface area contributed by atoms with E-state index in [-0.39, 0.29) is 24.2 Å². The Balaban J connectivity index is 1.40. The Labute approximate surface area is 178 Å². The number of rotatable bonds is 5. The van der Waals surface area contributed by atoms with E-state index < -0.39 is 0 Å². The minimum atomic E-state index is -0.271. The largest absolute Gasteiger partial charge is 0.453 e. The average molecular weight is 412 g/mol. The molecule has 2 aliphatic rings. The monoisotopic (exact) mass is 411 g/mol. The Kier molecular flexibility index (Phi) is 6.72. The Morgan fingerprint density at radius 1 is 1.17 bits per heavy atom. The van der Waals surface area contributed by atoms with Gasteiger partial charge in [0.05, 0.1) is 25.9 Å². The molecule has 6 heteroatoms. The molecule has 2 heterocycles. The molecule has 0 radical (unpaired) electrons. The van der Waals surface area contributed by atoms with Crippen molar-refractivity contribution in [1.82, 2.24) is 15.1 Å². The van der Waals surface area contributed by atoms with E-state index in [1.807, 2.05) is 11.0 Å². The number of hydrogen-bond acceptors (Lipinski definition) is 4. The molecule has 2 fully saturated rings. The van der Waals surface area contributed by atoms with Crippen LogP contribution in [-0.4, -0.2) is 53.6 Å². The number of carbonyl (C=O) groups excluding carboxylic acids is 1. The summed E-state index contributed by atoms with van der Waals surface area (Å²) >= 11 is 0. The van der Waals surface area contributed by atoms with Crippen LogP contribution in [0.1, 0.15) is 62.1 Å². The molecule has 2 aromatic rings. The van der Waals surface area contributed by atoms with E-state index >= 15 is 0 Å². The van der Waals surface area contributed by atoms with Gasteiger partial charge in [0, 0.05) is 24.4 Å². The predicted molar refractivity (Wildman–Crippen MR) is 115 cm³/mol. The van der Waals surface area contributed by atoms with Gasteiger partial charge in [-0.1, -0.05) is 37.3 Å². The van der Waals surface area contributed by atoms with Gasteiger partial charge in [-0.05, 0) is 55.6 Å². The molecule has 1 aliphatic heterocycles. The van der Waals surface area contributed by atoms with Gasteiger partial charge in [-0.3, -0.25) is 5.10 Å². The number of aromatic amines is 1. The highest BCUT2D eigenvalue weighted by atomic mass is 16.5. The Bertz CT molecular complexity index is 787. The number of methoxy groups -OCH3 is 1. The first-order valence-electron chi connectivity index (χ1n) is 11.2. The molecule has 1 saturated carbocycles. The van der Waals surface area contributed by atoms with Crippen LogP contribution < -0.4 is 0 Å². The van der Waals surface area contributed by atoms with Gasteiger partial charge in [-0.25, -0.2) is 4.79 Å². The maximum absolute atomic E-state index is 12.5. The molecule has 1 saturated heterocycles. The molecule has 1 aliphatic carbocycles. The predicted octanol–water partition coefficient (Wildman–Crippen LogP) is 4.71. The van der Waals surface area contributed by atoms with E-state index in [4.69, 9.17) is 9.47 Å². The van der Waals surface area contributed by atoms with Crippen LogP contribution in [0.5, 0.6) is 0 Å². The second kappa shape index (κ2) is 9.65. The van der Waals surface area contributed by atoms with E-state index in [0.717, 1.165) is 37.8 Å². The first kappa shape index (κ1) is 20.9. The van der Waals surface area contributed by atoms with E-state index in [2.05, 4.69) is 47.5 Å². The average Bonchev–Trinajstić information content (AvgIpc) is 3.33. The normalized spacial score (nSPS) is 29.5. The lowest BCUT2D eigenvalue weighted by Crippen LogP contribution is -2.52.